The Hall–Kier alpha value is -8.74. The summed E-state index contributed by atoms with van der Waals surface area (Å²) in [5, 5.41) is 23.9. The Bertz CT molecular complexity index is 2820. The molecule has 460 valence electrons. The summed E-state index contributed by atoms with van der Waals surface area (Å²) >= 11 is 0. The van der Waals surface area contributed by atoms with Crippen LogP contribution < -0.4 is 65.1 Å². The van der Waals surface area contributed by atoms with E-state index < -0.39 is 156 Å². The molecule has 3 aromatic rings. The Morgan fingerprint density at radius 3 is 1.42 bits per heavy atom. The van der Waals surface area contributed by atoms with Crippen LogP contribution in [0.2, 0.25) is 0 Å². The SMILES string of the molecule is CC(C)C[C@@H]1NC(=O)[C@H](CCCN)NC(=O)[C@H](C(C)C)NC(=O)[C@H](C)NC(=O)[C@H](CCC(N)=O)NC(=O)[C@H](CC(N)=O)NC(=O)[C@@H](Cc2ccccc2)NC(=O)[C@H](Cc2ccccc2)NC(=O)[C@@H]2CCCN2C(=O)[C@@H](Cc2ccccc2)NC1=O. The molecule has 5 rings (SSSR count). The molecule has 10 atom stereocenters. The number of hydrogen-bond donors (Lipinski definition) is 12. The molecule has 2 aliphatic heterocycles. The second-order valence-electron chi connectivity index (χ2n) is 22.4. The zero-order valence-electron chi connectivity index (χ0n) is 48.9. The number of rotatable bonds is 17. The standard InChI is InChI=1S/C60H83N13O12/c1-34(2)29-42-54(79)71-46(32-39-21-13-8-14-22-39)60(85)73-28-16-24-47(73)58(83)70-44(31-38-19-11-7-12-20-38)56(81)68-43(30-37-17-9-6-10-18-37)55(80)69-45(33-49(63)75)57(82)65-41(25-26-48(62)74)52(77)64-36(5)51(76)72-50(35(3)4)59(84)66-40(23-15-27-61)53(78)67-42/h6-14,17-22,34-36,40-47,50H,15-16,23-33,61H2,1-5H3,(H2,62,74)(H2,63,75)(H,64,77)(H,65,82)(H,66,84)(H,67,78)(H,68,81)(H,69,80)(H,70,83)(H,71,79)(H,72,76)/t36-,40-,41-,42-,43+,44-,45-,46+,47-,50-/m0/s1. The Balaban J connectivity index is 1.61. The van der Waals surface area contributed by atoms with Gasteiger partial charge in [0.15, 0.2) is 0 Å². The first-order chi connectivity index (χ1) is 40.4. The molecule has 85 heavy (non-hydrogen) atoms. The zero-order valence-corrected chi connectivity index (χ0v) is 48.9. The number of nitrogens with zero attached hydrogens (tertiary/aromatic N) is 1. The van der Waals surface area contributed by atoms with Gasteiger partial charge in [0.1, 0.15) is 60.4 Å². The van der Waals surface area contributed by atoms with Gasteiger partial charge in [-0.2, -0.15) is 0 Å². The Kier molecular flexibility index (Phi) is 26.0. The number of nitrogens with one attached hydrogen (secondary N) is 9. The molecule has 2 aliphatic rings. The van der Waals surface area contributed by atoms with E-state index in [4.69, 9.17) is 17.2 Å². The van der Waals surface area contributed by atoms with Crippen LogP contribution in [-0.4, -0.2) is 149 Å². The quantitative estimate of drug-likeness (QED) is 0.0748. The average Bonchev–Trinajstić information content (AvgIpc) is 3.75. The Morgan fingerprint density at radius 2 is 0.918 bits per heavy atom. The summed E-state index contributed by atoms with van der Waals surface area (Å²) in [7, 11) is 0. The van der Waals surface area contributed by atoms with Crippen LogP contribution in [-0.2, 0) is 76.8 Å². The first-order valence-electron chi connectivity index (χ1n) is 28.9. The lowest BCUT2D eigenvalue weighted by molar-refractivity contribution is -0.142. The number of carbonyl (C=O) groups is 12. The van der Waals surface area contributed by atoms with Crippen molar-refractivity contribution in [2.24, 2.45) is 29.0 Å². The summed E-state index contributed by atoms with van der Waals surface area (Å²) in [6, 6.07) is 12.0. The average molecular weight is 1180 g/mol. The van der Waals surface area contributed by atoms with Crippen LogP contribution in [0.3, 0.4) is 0 Å². The van der Waals surface area contributed by atoms with E-state index >= 15 is 4.79 Å². The molecule has 2 saturated heterocycles. The van der Waals surface area contributed by atoms with E-state index in [1.807, 2.05) is 13.8 Å². The molecule has 2 fully saturated rings. The van der Waals surface area contributed by atoms with Crippen molar-refractivity contribution in [1.82, 2.24) is 52.8 Å². The summed E-state index contributed by atoms with van der Waals surface area (Å²) in [5.41, 5.74) is 18.7. The zero-order chi connectivity index (χ0) is 62.3. The molecule has 0 aliphatic carbocycles. The van der Waals surface area contributed by atoms with Crippen LogP contribution in [0.4, 0.5) is 0 Å². The summed E-state index contributed by atoms with van der Waals surface area (Å²) < 4.78 is 0. The van der Waals surface area contributed by atoms with Crippen LogP contribution in [0.25, 0.3) is 0 Å². The fourth-order valence-corrected chi connectivity index (χ4v) is 10.0. The molecule has 12 amide bonds. The minimum absolute atomic E-state index is 0.00731. The lowest BCUT2D eigenvalue weighted by atomic mass is 9.99. The van der Waals surface area contributed by atoms with E-state index in [0.717, 1.165) is 0 Å². The highest BCUT2D eigenvalue weighted by atomic mass is 16.2. The van der Waals surface area contributed by atoms with Gasteiger partial charge in [-0.1, -0.05) is 119 Å². The van der Waals surface area contributed by atoms with Crippen molar-refractivity contribution >= 4 is 70.9 Å². The second kappa shape index (κ2) is 32.9. The third kappa shape index (κ3) is 21.1. The summed E-state index contributed by atoms with van der Waals surface area (Å²) in [6.07, 6.45) is -1.16. The van der Waals surface area contributed by atoms with Gasteiger partial charge in [0, 0.05) is 32.2 Å². The first-order valence-corrected chi connectivity index (χ1v) is 28.9. The van der Waals surface area contributed by atoms with Crippen molar-refractivity contribution in [3.05, 3.63) is 108 Å². The fraction of sp³-hybridized carbons (Fsp3) is 0.500. The minimum atomic E-state index is -1.80. The minimum Gasteiger partial charge on any atom is -0.370 e. The maximum absolute atomic E-state index is 15.0. The summed E-state index contributed by atoms with van der Waals surface area (Å²) in [5.74, 6) is -11.2. The van der Waals surface area contributed by atoms with Gasteiger partial charge in [0.2, 0.25) is 70.9 Å². The molecule has 0 radical (unpaired) electrons. The van der Waals surface area contributed by atoms with Gasteiger partial charge in [0.05, 0.1) is 6.42 Å². The highest BCUT2D eigenvalue weighted by Gasteiger charge is 2.41. The van der Waals surface area contributed by atoms with Gasteiger partial charge in [-0.25, -0.2) is 0 Å². The number of amides is 12. The smallest absolute Gasteiger partial charge is 0.246 e. The van der Waals surface area contributed by atoms with E-state index in [0.29, 0.717) is 23.1 Å². The Morgan fingerprint density at radius 1 is 0.494 bits per heavy atom. The molecule has 0 bridgehead atoms. The number of carbonyl (C=O) groups excluding carboxylic acids is 12. The lowest BCUT2D eigenvalue weighted by Crippen LogP contribution is -2.62. The maximum atomic E-state index is 15.0. The number of benzene rings is 3. The van der Waals surface area contributed by atoms with Gasteiger partial charge in [-0.05, 0) is 80.5 Å². The van der Waals surface area contributed by atoms with Crippen LogP contribution in [0.15, 0.2) is 91.0 Å². The second-order valence-corrected chi connectivity index (χ2v) is 22.4. The number of hydrogen-bond acceptors (Lipinski definition) is 13. The molecule has 0 aromatic heterocycles. The first kappa shape index (κ1) is 67.1. The third-order valence-electron chi connectivity index (χ3n) is 14.6. The van der Waals surface area contributed by atoms with E-state index in [2.05, 4.69) is 47.9 Å². The number of fused-ring (bicyclic) bond motifs is 1. The van der Waals surface area contributed by atoms with Gasteiger partial charge < -0.3 is 70.0 Å². The van der Waals surface area contributed by atoms with Crippen molar-refractivity contribution in [3.63, 3.8) is 0 Å². The number of primary amides is 2. The molecule has 0 spiro atoms. The molecule has 25 nitrogen and oxygen atoms in total. The molecule has 3 aromatic carbocycles. The van der Waals surface area contributed by atoms with Gasteiger partial charge in [0.25, 0.3) is 0 Å². The highest BCUT2D eigenvalue weighted by molar-refractivity contribution is 6.00. The van der Waals surface area contributed by atoms with Gasteiger partial charge in [-0.3, -0.25) is 57.5 Å². The van der Waals surface area contributed by atoms with E-state index in [1.165, 1.54) is 11.8 Å². The molecule has 15 N–H and O–H groups in total. The van der Waals surface area contributed by atoms with Crippen LogP contribution in [0, 0.1) is 11.8 Å². The molecular weight excluding hydrogens is 1090 g/mol. The fourth-order valence-electron chi connectivity index (χ4n) is 10.0. The van der Waals surface area contributed by atoms with E-state index in [-0.39, 0.29) is 64.0 Å². The lowest BCUT2D eigenvalue weighted by Gasteiger charge is -2.32. The monoisotopic (exact) mass is 1180 g/mol. The van der Waals surface area contributed by atoms with Crippen molar-refractivity contribution in [3.8, 4) is 0 Å². The van der Waals surface area contributed by atoms with E-state index in [9.17, 15) is 52.7 Å². The molecule has 0 unspecified atom stereocenters. The molecule has 0 saturated carbocycles. The van der Waals surface area contributed by atoms with Crippen molar-refractivity contribution in [2.75, 3.05) is 13.1 Å². The summed E-state index contributed by atoms with van der Waals surface area (Å²) in [6.45, 7) is 8.40. The molecule has 2 heterocycles. The highest BCUT2D eigenvalue weighted by Crippen LogP contribution is 2.22. The normalized spacial score (nSPS) is 25.0. The third-order valence-corrected chi connectivity index (χ3v) is 14.6. The molecular formula is C60H83N13O12. The van der Waals surface area contributed by atoms with Crippen molar-refractivity contribution < 1.29 is 57.5 Å². The van der Waals surface area contributed by atoms with Crippen molar-refractivity contribution in [2.45, 2.75) is 166 Å². The van der Waals surface area contributed by atoms with Gasteiger partial charge >= 0.3 is 0 Å². The van der Waals surface area contributed by atoms with E-state index in [1.54, 1.807) is 105 Å². The van der Waals surface area contributed by atoms with Crippen molar-refractivity contribution in [1.29, 1.82) is 0 Å². The number of nitrogens with two attached hydrogens (primary N) is 3. The predicted octanol–water partition coefficient (Wildman–Crippen LogP) is -1.32. The van der Waals surface area contributed by atoms with Crippen LogP contribution >= 0.6 is 0 Å². The predicted molar refractivity (Wildman–Crippen MR) is 313 cm³/mol. The maximum Gasteiger partial charge on any atom is 0.246 e. The van der Waals surface area contributed by atoms with Gasteiger partial charge in [-0.15, -0.1) is 0 Å². The Labute approximate surface area is 495 Å². The van der Waals surface area contributed by atoms with Crippen LogP contribution in [0.1, 0.15) is 103 Å². The molecule has 25 heteroatoms. The largest absolute Gasteiger partial charge is 0.370 e. The summed E-state index contributed by atoms with van der Waals surface area (Å²) in [4.78, 5) is 170. The van der Waals surface area contributed by atoms with Crippen LogP contribution in [0.5, 0.6) is 0 Å². The topological polar surface area (TPSA) is 394 Å².